The maximum Gasteiger partial charge on any atom is 0.419 e. The van der Waals surface area contributed by atoms with E-state index in [1.165, 1.54) is 4.57 Å². The summed E-state index contributed by atoms with van der Waals surface area (Å²) in [5.41, 5.74) is 2.67. The molecular formula is C18H22N4O3. The van der Waals surface area contributed by atoms with Gasteiger partial charge in [0.1, 0.15) is 11.6 Å². The van der Waals surface area contributed by atoms with Crippen molar-refractivity contribution in [3.63, 3.8) is 0 Å². The summed E-state index contributed by atoms with van der Waals surface area (Å²) in [4.78, 5) is 20.8. The molecule has 1 N–H and O–H groups in total. The minimum absolute atomic E-state index is 0.184. The molecule has 0 unspecified atom stereocenters. The molecule has 0 atom stereocenters. The van der Waals surface area contributed by atoms with Crippen LogP contribution in [0, 0.1) is 0 Å². The first kappa shape index (κ1) is 17.2. The number of fused-ring (bicyclic) bond motifs is 1. The van der Waals surface area contributed by atoms with Crippen molar-refractivity contribution in [3.8, 4) is 0 Å². The number of oxazole rings is 1. The zero-order valence-corrected chi connectivity index (χ0v) is 15.1. The van der Waals surface area contributed by atoms with Gasteiger partial charge >= 0.3 is 5.76 Å². The first-order valence-corrected chi connectivity index (χ1v) is 8.02. The van der Waals surface area contributed by atoms with E-state index in [0.717, 1.165) is 22.7 Å². The number of hydrogen-bond acceptors (Lipinski definition) is 6. The molecule has 0 bridgehead atoms. The molecule has 3 rings (SSSR count). The quantitative estimate of drug-likeness (QED) is 0.784. The van der Waals surface area contributed by atoms with Gasteiger partial charge in [0.2, 0.25) is 0 Å². The molecule has 2 aromatic heterocycles. The zero-order valence-electron chi connectivity index (χ0n) is 15.1. The number of aromatic nitrogens is 3. The molecule has 1 aromatic carbocycles. The van der Waals surface area contributed by atoms with Crippen LogP contribution in [0.25, 0.3) is 11.1 Å². The lowest BCUT2D eigenvalue weighted by molar-refractivity contribution is 0.181. The van der Waals surface area contributed by atoms with Crippen LogP contribution in [0.4, 0.5) is 11.5 Å². The minimum atomic E-state index is -0.383. The molecule has 2 heterocycles. The number of rotatable bonds is 4. The third-order valence-corrected chi connectivity index (χ3v) is 3.81. The normalized spacial score (nSPS) is 11.9. The molecule has 0 aliphatic rings. The molecule has 0 fully saturated rings. The van der Waals surface area contributed by atoms with E-state index in [-0.39, 0.29) is 11.2 Å². The Balaban J connectivity index is 1.99. The summed E-state index contributed by atoms with van der Waals surface area (Å²) in [6.45, 7) is 6.60. The second kappa shape index (κ2) is 6.33. The second-order valence-electron chi connectivity index (χ2n) is 6.99. The van der Waals surface area contributed by atoms with E-state index in [1.54, 1.807) is 20.2 Å². The van der Waals surface area contributed by atoms with Gasteiger partial charge < -0.3 is 14.5 Å². The van der Waals surface area contributed by atoms with Crippen LogP contribution < -0.4 is 11.1 Å². The van der Waals surface area contributed by atoms with Crippen LogP contribution in [0.2, 0.25) is 0 Å². The van der Waals surface area contributed by atoms with E-state index in [2.05, 4.69) is 36.1 Å². The van der Waals surface area contributed by atoms with Gasteiger partial charge in [0.05, 0.1) is 17.8 Å². The van der Waals surface area contributed by atoms with E-state index in [0.29, 0.717) is 18.0 Å². The van der Waals surface area contributed by atoms with Gasteiger partial charge in [-0.3, -0.25) is 4.57 Å². The molecule has 0 saturated heterocycles. The SMILES string of the molecule is COCc1cc(Nc2ccc3c(c2)oc(=O)n3C)nc(C(C)(C)C)n1. The molecule has 0 saturated carbocycles. The summed E-state index contributed by atoms with van der Waals surface area (Å²) in [5.74, 6) is 1.02. The maximum atomic E-state index is 11.6. The number of nitrogens with one attached hydrogen (secondary N) is 1. The lowest BCUT2D eigenvalue weighted by atomic mass is 9.95. The van der Waals surface area contributed by atoms with Gasteiger partial charge in [0, 0.05) is 37.4 Å². The van der Waals surface area contributed by atoms with Crippen LogP contribution in [0.3, 0.4) is 0 Å². The summed E-state index contributed by atoms with van der Waals surface area (Å²) in [6.07, 6.45) is 0. The molecule has 7 heteroatoms. The van der Waals surface area contributed by atoms with E-state index in [1.807, 2.05) is 18.2 Å². The Morgan fingerprint density at radius 2 is 2.00 bits per heavy atom. The third-order valence-electron chi connectivity index (χ3n) is 3.81. The van der Waals surface area contributed by atoms with Crippen molar-refractivity contribution in [2.75, 3.05) is 12.4 Å². The maximum absolute atomic E-state index is 11.6. The smallest absolute Gasteiger partial charge is 0.408 e. The van der Waals surface area contributed by atoms with Crippen molar-refractivity contribution < 1.29 is 9.15 Å². The fourth-order valence-electron chi connectivity index (χ4n) is 2.48. The minimum Gasteiger partial charge on any atom is -0.408 e. The average molecular weight is 342 g/mol. The van der Waals surface area contributed by atoms with Crippen molar-refractivity contribution >= 4 is 22.6 Å². The summed E-state index contributed by atoms with van der Waals surface area (Å²) >= 11 is 0. The standard InChI is InChI=1S/C18H22N4O3/c1-18(2,3)16-20-12(10-24-5)9-15(21-16)19-11-6-7-13-14(8-11)25-17(23)22(13)4/h6-9H,10H2,1-5H3,(H,19,20,21). The lowest BCUT2D eigenvalue weighted by Crippen LogP contribution is -2.18. The Bertz CT molecular complexity index is 967. The summed E-state index contributed by atoms with van der Waals surface area (Å²) < 4.78 is 11.9. The summed E-state index contributed by atoms with van der Waals surface area (Å²) in [7, 11) is 3.32. The van der Waals surface area contributed by atoms with Crippen LogP contribution >= 0.6 is 0 Å². The predicted molar refractivity (Wildman–Crippen MR) is 96.2 cm³/mol. The first-order chi connectivity index (χ1) is 11.8. The van der Waals surface area contributed by atoms with Crippen LogP contribution in [-0.4, -0.2) is 21.6 Å². The monoisotopic (exact) mass is 342 g/mol. The molecule has 3 aromatic rings. The van der Waals surface area contributed by atoms with Gasteiger partial charge in [0.15, 0.2) is 5.58 Å². The highest BCUT2D eigenvalue weighted by Crippen LogP contribution is 2.24. The van der Waals surface area contributed by atoms with Gasteiger partial charge in [0.25, 0.3) is 0 Å². The van der Waals surface area contributed by atoms with E-state index < -0.39 is 0 Å². The molecule has 7 nitrogen and oxygen atoms in total. The van der Waals surface area contributed by atoms with Crippen molar-refractivity contribution in [2.45, 2.75) is 32.8 Å². The molecule has 0 aliphatic carbocycles. The highest BCUT2D eigenvalue weighted by molar-refractivity contribution is 5.78. The highest BCUT2D eigenvalue weighted by Gasteiger charge is 2.19. The van der Waals surface area contributed by atoms with Gasteiger partial charge in [-0.15, -0.1) is 0 Å². The molecule has 0 radical (unpaired) electrons. The van der Waals surface area contributed by atoms with E-state index in [9.17, 15) is 4.79 Å². The van der Waals surface area contributed by atoms with Crippen LogP contribution in [0.5, 0.6) is 0 Å². The van der Waals surface area contributed by atoms with E-state index in [4.69, 9.17) is 9.15 Å². The van der Waals surface area contributed by atoms with E-state index >= 15 is 0 Å². The highest BCUT2D eigenvalue weighted by atomic mass is 16.5. The Morgan fingerprint density at radius 3 is 2.68 bits per heavy atom. The summed E-state index contributed by atoms with van der Waals surface area (Å²) in [5, 5.41) is 3.26. The molecule has 132 valence electrons. The predicted octanol–water partition coefficient (Wildman–Crippen LogP) is 3.11. The van der Waals surface area contributed by atoms with Gasteiger partial charge in [-0.05, 0) is 12.1 Å². The molecular weight excluding hydrogens is 320 g/mol. The molecule has 0 aliphatic heterocycles. The number of ether oxygens (including phenoxy) is 1. The molecule has 0 amide bonds. The van der Waals surface area contributed by atoms with Crippen LogP contribution in [-0.2, 0) is 23.8 Å². The molecule has 25 heavy (non-hydrogen) atoms. The number of benzene rings is 1. The number of anilines is 2. The zero-order chi connectivity index (χ0) is 18.2. The lowest BCUT2D eigenvalue weighted by Gasteiger charge is -2.19. The number of aryl methyl sites for hydroxylation is 1. The van der Waals surface area contributed by atoms with Crippen molar-refractivity contribution in [3.05, 3.63) is 46.3 Å². The molecule has 0 spiro atoms. The summed E-state index contributed by atoms with van der Waals surface area (Å²) in [6, 6.07) is 7.35. The topological polar surface area (TPSA) is 82.2 Å². The van der Waals surface area contributed by atoms with Crippen LogP contribution in [0.15, 0.2) is 33.5 Å². The fraction of sp³-hybridized carbons (Fsp3) is 0.389. The average Bonchev–Trinajstić information content (AvgIpc) is 2.81. The Labute approximate surface area is 145 Å². The van der Waals surface area contributed by atoms with Crippen molar-refractivity contribution in [1.82, 2.24) is 14.5 Å². The van der Waals surface area contributed by atoms with Gasteiger partial charge in [-0.25, -0.2) is 14.8 Å². The fourth-order valence-corrected chi connectivity index (χ4v) is 2.48. The largest absolute Gasteiger partial charge is 0.419 e. The Hall–Kier alpha value is -2.67. The Kier molecular flexibility index (Phi) is 4.34. The number of methoxy groups -OCH3 is 1. The third kappa shape index (κ3) is 3.56. The first-order valence-electron chi connectivity index (χ1n) is 8.02. The van der Waals surface area contributed by atoms with Crippen molar-refractivity contribution in [1.29, 1.82) is 0 Å². The van der Waals surface area contributed by atoms with Crippen LogP contribution in [0.1, 0.15) is 32.3 Å². The van der Waals surface area contributed by atoms with Gasteiger partial charge in [-0.1, -0.05) is 20.8 Å². The second-order valence-corrected chi connectivity index (χ2v) is 6.99. The van der Waals surface area contributed by atoms with Gasteiger partial charge in [-0.2, -0.15) is 0 Å². The van der Waals surface area contributed by atoms with Crippen molar-refractivity contribution in [2.24, 2.45) is 7.05 Å². The Morgan fingerprint density at radius 1 is 1.24 bits per heavy atom. The number of nitrogens with zero attached hydrogens (tertiary/aromatic N) is 3. The number of hydrogen-bond donors (Lipinski definition) is 1.